The third-order valence-electron chi connectivity index (χ3n) is 2.28. The SMILES string of the molecule is CN1C(=O)[C@H](c2ccccc2)NC1=S. The molecule has 0 aliphatic carbocycles. The molecule has 1 amide bonds. The normalized spacial score (nSPS) is 21.2. The van der Waals surface area contributed by atoms with Gasteiger partial charge in [0.1, 0.15) is 6.04 Å². The van der Waals surface area contributed by atoms with E-state index in [1.807, 2.05) is 30.3 Å². The molecule has 0 spiro atoms. The Kier molecular flexibility index (Phi) is 2.21. The van der Waals surface area contributed by atoms with Crippen LogP contribution in [0.1, 0.15) is 11.6 Å². The summed E-state index contributed by atoms with van der Waals surface area (Å²) in [5, 5.41) is 3.47. The largest absolute Gasteiger partial charge is 0.347 e. The van der Waals surface area contributed by atoms with E-state index >= 15 is 0 Å². The standard InChI is InChI=1S/C10H10N2OS/c1-12-9(13)8(11-10(12)14)7-5-3-2-4-6-7/h2-6,8H,1H3,(H,11,14)/t8-/m0/s1. The van der Waals surface area contributed by atoms with E-state index in [1.54, 1.807) is 7.05 Å². The lowest BCUT2D eigenvalue weighted by Crippen LogP contribution is -2.25. The van der Waals surface area contributed by atoms with Crippen LogP contribution in [-0.2, 0) is 4.79 Å². The first-order valence-electron chi connectivity index (χ1n) is 4.33. The minimum absolute atomic E-state index is 0.00111. The van der Waals surface area contributed by atoms with Crippen molar-refractivity contribution in [1.29, 1.82) is 0 Å². The van der Waals surface area contributed by atoms with Gasteiger partial charge >= 0.3 is 0 Å². The second-order valence-electron chi connectivity index (χ2n) is 3.19. The highest BCUT2D eigenvalue weighted by Crippen LogP contribution is 2.20. The van der Waals surface area contributed by atoms with Crippen molar-refractivity contribution in [1.82, 2.24) is 10.2 Å². The molecule has 0 bridgehead atoms. The molecule has 1 fully saturated rings. The van der Waals surface area contributed by atoms with Crippen molar-refractivity contribution in [2.75, 3.05) is 7.05 Å². The molecule has 1 N–H and O–H groups in total. The number of carbonyl (C=O) groups excluding carboxylic acids is 1. The van der Waals surface area contributed by atoms with Gasteiger partial charge in [-0.1, -0.05) is 30.3 Å². The highest BCUT2D eigenvalue weighted by molar-refractivity contribution is 7.80. The molecule has 3 nitrogen and oxygen atoms in total. The number of likely N-dealkylation sites (N-methyl/N-ethyl adjacent to an activating group) is 1. The van der Waals surface area contributed by atoms with Crippen LogP contribution in [0.15, 0.2) is 30.3 Å². The smallest absolute Gasteiger partial charge is 0.255 e. The van der Waals surface area contributed by atoms with Crippen molar-refractivity contribution in [2.24, 2.45) is 0 Å². The Labute approximate surface area is 87.7 Å². The molecule has 1 aromatic carbocycles. The first-order chi connectivity index (χ1) is 6.70. The predicted octanol–water partition coefficient (Wildman–Crippen LogP) is 1.07. The van der Waals surface area contributed by atoms with Crippen molar-refractivity contribution in [3.8, 4) is 0 Å². The lowest BCUT2D eigenvalue weighted by Gasteiger charge is -2.07. The molecule has 1 aliphatic heterocycles. The van der Waals surface area contributed by atoms with E-state index in [9.17, 15) is 4.79 Å². The number of rotatable bonds is 1. The Morgan fingerprint density at radius 1 is 1.36 bits per heavy atom. The third kappa shape index (κ3) is 1.37. The minimum Gasteiger partial charge on any atom is -0.347 e. The lowest BCUT2D eigenvalue weighted by atomic mass is 10.1. The van der Waals surface area contributed by atoms with E-state index in [4.69, 9.17) is 12.2 Å². The van der Waals surface area contributed by atoms with E-state index in [1.165, 1.54) is 4.90 Å². The van der Waals surface area contributed by atoms with E-state index < -0.39 is 0 Å². The van der Waals surface area contributed by atoms with E-state index in [0.717, 1.165) is 5.56 Å². The van der Waals surface area contributed by atoms with E-state index in [0.29, 0.717) is 5.11 Å². The zero-order valence-corrected chi connectivity index (χ0v) is 8.54. The van der Waals surface area contributed by atoms with Gasteiger partial charge in [0, 0.05) is 7.05 Å². The third-order valence-corrected chi connectivity index (χ3v) is 2.67. The fourth-order valence-corrected chi connectivity index (χ4v) is 1.65. The summed E-state index contributed by atoms with van der Waals surface area (Å²) in [4.78, 5) is 13.2. The van der Waals surface area contributed by atoms with Crippen molar-refractivity contribution < 1.29 is 4.79 Å². The molecule has 0 radical (unpaired) electrons. The summed E-state index contributed by atoms with van der Waals surface area (Å²) in [6, 6.07) is 9.26. The Morgan fingerprint density at radius 3 is 2.50 bits per heavy atom. The van der Waals surface area contributed by atoms with Crippen LogP contribution in [0.4, 0.5) is 0 Å². The number of hydrogen-bond donors (Lipinski definition) is 1. The summed E-state index contributed by atoms with van der Waals surface area (Å²) in [5.74, 6) is 0.00111. The second-order valence-corrected chi connectivity index (χ2v) is 3.58. The molecule has 1 atom stereocenters. The molecule has 1 heterocycles. The fourth-order valence-electron chi connectivity index (χ4n) is 1.45. The lowest BCUT2D eigenvalue weighted by molar-refractivity contribution is -0.126. The Bertz CT molecular complexity index is 377. The second kappa shape index (κ2) is 3.38. The summed E-state index contributed by atoms with van der Waals surface area (Å²) < 4.78 is 0. The number of amides is 1. The first-order valence-corrected chi connectivity index (χ1v) is 4.74. The van der Waals surface area contributed by atoms with Gasteiger partial charge in [0.05, 0.1) is 0 Å². The molecular formula is C10H10N2OS. The van der Waals surface area contributed by atoms with Gasteiger partial charge in [0.25, 0.3) is 5.91 Å². The van der Waals surface area contributed by atoms with Gasteiger partial charge in [-0.2, -0.15) is 0 Å². The van der Waals surface area contributed by atoms with Crippen LogP contribution < -0.4 is 5.32 Å². The Morgan fingerprint density at radius 2 is 2.00 bits per heavy atom. The fraction of sp³-hybridized carbons (Fsp3) is 0.200. The molecule has 1 aliphatic rings. The number of nitrogens with zero attached hydrogens (tertiary/aromatic N) is 1. The number of carbonyl (C=O) groups is 1. The summed E-state index contributed by atoms with van der Waals surface area (Å²) >= 11 is 4.99. The van der Waals surface area contributed by atoms with Crippen molar-refractivity contribution in [2.45, 2.75) is 6.04 Å². The van der Waals surface area contributed by atoms with Crippen LogP contribution in [0.3, 0.4) is 0 Å². The van der Waals surface area contributed by atoms with E-state index in [-0.39, 0.29) is 11.9 Å². The van der Waals surface area contributed by atoms with Crippen molar-refractivity contribution in [3.05, 3.63) is 35.9 Å². The maximum Gasteiger partial charge on any atom is 0.255 e. The zero-order chi connectivity index (χ0) is 10.1. The molecule has 2 rings (SSSR count). The molecule has 4 heteroatoms. The van der Waals surface area contributed by atoms with Crippen LogP contribution in [0.25, 0.3) is 0 Å². The maximum atomic E-state index is 11.7. The summed E-state index contributed by atoms with van der Waals surface area (Å²) in [5.41, 5.74) is 0.948. The highest BCUT2D eigenvalue weighted by Gasteiger charge is 2.33. The molecule has 1 aromatic rings. The summed E-state index contributed by atoms with van der Waals surface area (Å²) in [6.07, 6.45) is 0. The van der Waals surface area contributed by atoms with Crippen LogP contribution in [0.2, 0.25) is 0 Å². The van der Waals surface area contributed by atoms with Crippen LogP contribution in [0.5, 0.6) is 0 Å². The molecule has 72 valence electrons. The minimum atomic E-state index is -0.311. The van der Waals surface area contributed by atoms with Gasteiger partial charge in [-0.05, 0) is 17.8 Å². The monoisotopic (exact) mass is 206 g/mol. The van der Waals surface area contributed by atoms with Crippen LogP contribution >= 0.6 is 12.2 Å². The average Bonchev–Trinajstić information content (AvgIpc) is 2.47. The van der Waals surface area contributed by atoms with Gasteiger partial charge in [-0.3, -0.25) is 9.69 Å². The Hall–Kier alpha value is -1.42. The predicted molar refractivity (Wildman–Crippen MR) is 57.7 cm³/mol. The maximum absolute atomic E-state index is 11.7. The summed E-state index contributed by atoms with van der Waals surface area (Å²) in [7, 11) is 1.68. The topological polar surface area (TPSA) is 32.3 Å². The van der Waals surface area contributed by atoms with Gasteiger partial charge in [0.15, 0.2) is 5.11 Å². The van der Waals surface area contributed by atoms with Crippen molar-refractivity contribution in [3.63, 3.8) is 0 Å². The first kappa shape index (κ1) is 9.15. The van der Waals surface area contributed by atoms with Crippen LogP contribution in [-0.4, -0.2) is 23.0 Å². The molecule has 0 aromatic heterocycles. The van der Waals surface area contributed by atoms with Gasteiger partial charge in [-0.15, -0.1) is 0 Å². The van der Waals surface area contributed by atoms with Gasteiger partial charge < -0.3 is 5.32 Å². The highest BCUT2D eigenvalue weighted by atomic mass is 32.1. The number of benzene rings is 1. The summed E-state index contributed by atoms with van der Waals surface area (Å²) in [6.45, 7) is 0. The average molecular weight is 206 g/mol. The van der Waals surface area contributed by atoms with E-state index in [2.05, 4.69) is 5.32 Å². The molecule has 0 saturated carbocycles. The Balaban J connectivity index is 2.30. The number of hydrogen-bond acceptors (Lipinski definition) is 2. The van der Waals surface area contributed by atoms with Gasteiger partial charge in [0.2, 0.25) is 0 Å². The molecular weight excluding hydrogens is 196 g/mol. The molecule has 14 heavy (non-hydrogen) atoms. The molecule has 0 unspecified atom stereocenters. The number of thiocarbonyl (C=S) groups is 1. The zero-order valence-electron chi connectivity index (χ0n) is 7.73. The number of nitrogens with one attached hydrogen (secondary N) is 1. The van der Waals surface area contributed by atoms with Crippen molar-refractivity contribution >= 4 is 23.2 Å². The molecule has 1 saturated heterocycles. The van der Waals surface area contributed by atoms with Crippen LogP contribution in [0, 0.1) is 0 Å². The quantitative estimate of drug-likeness (QED) is 0.698. The van der Waals surface area contributed by atoms with Gasteiger partial charge in [-0.25, -0.2) is 0 Å².